The van der Waals surface area contributed by atoms with Crippen LogP contribution in [0.2, 0.25) is 0 Å². The summed E-state index contributed by atoms with van der Waals surface area (Å²) in [6.45, 7) is 3.16. The molecular formula is C23H24F3N7O3S. The molecule has 14 heteroatoms. The van der Waals surface area contributed by atoms with E-state index in [4.69, 9.17) is 5.11 Å². The molecule has 3 heterocycles. The molecule has 1 aliphatic heterocycles. The van der Waals surface area contributed by atoms with Gasteiger partial charge in [-0.3, -0.25) is 9.59 Å². The van der Waals surface area contributed by atoms with Gasteiger partial charge in [-0.25, -0.2) is 15.0 Å². The Morgan fingerprint density at radius 3 is 2.46 bits per heavy atom. The van der Waals surface area contributed by atoms with Crippen LogP contribution in [0, 0.1) is 0 Å². The van der Waals surface area contributed by atoms with Gasteiger partial charge in [-0.15, -0.1) is 0 Å². The van der Waals surface area contributed by atoms with E-state index >= 15 is 0 Å². The quantitative estimate of drug-likeness (QED) is 0.422. The molecule has 0 saturated carbocycles. The number of hydrogen-bond donors (Lipinski definition) is 3. The molecule has 1 atom stereocenters. The highest BCUT2D eigenvalue weighted by Gasteiger charge is 2.30. The number of halogens is 3. The van der Waals surface area contributed by atoms with E-state index in [1.54, 1.807) is 24.1 Å². The molecule has 2 amide bonds. The standard InChI is InChI=1S/C23H24F3N7O3S/c1-14(18-11-27-22(37-18)31-16-4-2-15(3-5-16)23(24,25)26)30-21(36)17-10-19(29-13-28-17)32-6-8-33(9-7-32)20(35)12-34/h2-5,10-11,13-14,34H,6-9,12H2,1H3,(H,27,31)(H,30,36). The van der Waals surface area contributed by atoms with Gasteiger partial charge in [0.05, 0.1) is 11.6 Å². The van der Waals surface area contributed by atoms with Crippen molar-refractivity contribution in [3.63, 3.8) is 0 Å². The lowest BCUT2D eigenvalue weighted by Gasteiger charge is -2.35. The minimum Gasteiger partial charge on any atom is -0.387 e. The van der Waals surface area contributed by atoms with Crippen LogP contribution in [0.5, 0.6) is 0 Å². The van der Waals surface area contributed by atoms with E-state index < -0.39 is 30.3 Å². The van der Waals surface area contributed by atoms with E-state index in [0.29, 0.717) is 42.8 Å². The summed E-state index contributed by atoms with van der Waals surface area (Å²) in [6.07, 6.45) is -1.51. The summed E-state index contributed by atoms with van der Waals surface area (Å²) in [5.41, 5.74) is -0.0971. The van der Waals surface area contributed by atoms with Crippen LogP contribution in [-0.4, -0.2) is 69.6 Å². The summed E-state index contributed by atoms with van der Waals surface area (Å²) in [4.78, 5) is 41.3. The molecule has 10 nitrogen and oxygen atoms in total. The lowest BCUT2D eigenvalue weighted by Crippen LogP contribution is -2.49. The first-order valence-corrected chi connectivity index (χ1v) is 12.1. The van der Waals surface area contributed by atoms with Crippen LogP contribution in [0.4, 0.5) is 29.8 Å². The molecule has 0 spiro atoms. The Labute approximate surface area is 214 Å². The van der Waals surface area contributed by atoms with Crippen LogP contribution in [0.1, 0.15) is 33.9 Å². The predicted octanol–water partition coefficient (Wildman–Crippen LogP) is 2.83. The lowest BCUT2D eigenvalue weighted by molar-refractivity contribution is -0.137. The third-order valence-electron chi connectivity index (χ3n) is 5.74. The number of anilines is 3. The maximum atomic E-state index is 12.8. The molecule has 0 bridgehead atoms. The van der Waals surface area contributed by atoms with Crippen LogP contribution < -0.4 is 15.5 Å². The zero-order valence-electron chi connectivity index (χ0n) is 19.7. The van der Waals surface area contributed by atoms with Crippen molar-refractivity contribution in [2.75, 3.05) is 43.0 Å². The number of rotatable bonds is 7. The normalized spacial score (nSPS) is 14.8. The third kappa shape index (κ3) is 6.51. The van der Waals surface area contributed by atoms with Crippen molar-refractivity contribution in [2.24, 2.45) is 0 Å². The molecule has 3 aromatic rings. The first-order valence-electron chi connectivity index (χ1n) is 11.3. The first kappa shape index (κ1) is 26.3. The summed E-state index contributed by atoms with van der Waals surface area (Å²) in [5.74, 6) is -0.169. The van der Waals surface area contributed by atoms with Crippen molar-refractivity contribution in [3.8, 4) is 0 Å². The molecule has 4 rings (SSSR count). The second-order valence-corrected chi connectivity index (χ2v) is 9.31. The largest absolute Gasteiger partial charge is 0.416 e. The molecule has 0 radical (unpaired) electrons. The van der Waals surface area contributed by atoms with Crippen LogP contribution >= 0.6 is 11.3 Å². The first-order chi connectivity index (χ1) is 17.6. The van der Waals surface area contributed by atoms with E-state index in [-0.39, 0.29) is 11.6 Å². The predicted molar refractivity (Wildman–Crippen MR) is 131 cm³/mol. The number of thiazole rings is 1. The third-order valence-corrected chi connectivity index (χ3v) is 6.83. The Hall–Kier alpha value is -3.78. The fraction of sp³-hybridized carbons (Fsp3) is 0.348. The van der Waals surface area contributed by atoms with Crippen molar-refractivity contribution < 1.29 is 27.9 Å². The Kier molecular flexibility index (Phi) is 7.88. The second-order valence-electron chi connectivity index (χ2n) is 8.25. The smallest absolute Gasteiger partial charge is 0.387 e. The Bertz CT molecular complexity index is 1240. The summed E-state index contributed by atoms with van der Waals surface area (Å²) >= 11 is 1.26. The molecule has 0 aliphatic carbocycles. The number of piperazine rings is 1. The van der Waals surface area contributed by atoms with E-state index in [1.165, 1.54) is 29.8 Å². The highest BCUT2D eigenvalue weighted by atomic mass is 32.1. The summed E-state index contributed by atoms with van der Waals surface area (Å²) in [5, 5.41) is 15.3. The van der Waals surface area contributed by atoms with Crippen molar-refractivity contribution in [1.29, 1.82) is 0 Å². The number of aliphatic hydroxyl groups excluding tert-OH is 1. The van der Waals surface area contributed by atoms with Crippen molar-refractivity contribution in [3.05, 3.63) is 59.0 Å². The molecule has 1 aliphatic rings. The minimum atomic E-state index is -4.40. The second kappa shape index (κ2) is 11.1. The van der Waals surface area contributed by atoms with Crippen LogP contribution in [0.25, 0.3) is 0 Å². The number of benzene rings is 1. The fourth-order valence-corrected chi connectivity index (χ4v) is 4.52. The number of nitrogens with one attached hydrogen (secondary N) is 2. The average Bonchev–Trinajstić information content (AvgIpc) is 3.37. The van der Waals surface area contributed by atoms with E-state index in [2.05, 4.69) is 25.6 Å². The lowest BCUT2D eigenvalue weighted by atomic mass is 10.2. The molecule has 1 aromatic carbocycles. The van der Waals surface area contributed by atoms with Crippen LogP contribution in [0.3, 0.4) is 0 Å². The average molecular weight is 536 g/mol. The van der Waals surface area contributed by atoms with Gasteiger partial charge in [0.15, 0.2) is 5.13 Å². The fourth-order valence-electron chi connectivity index (χ4n) is 3.68. The topological polar surface area (TPSA) is 124 Å². The number of amides is 2. The molecule has 196 valence electrons. The summed E-state index contributed by atoms with van der Waals surface area (Å²) < 4.78 is 38.2. The van der Waals surface area contributed by atoms with E-state index in [0.717, 1.165) is 17.0 Å². The Morgan fingerprint density at radius 1 is 1.11 bits per heavy atom. The van der Waals surface area contributed by atoms with Gasteiger partial charge in [0.25, 0.3) is 5.91 Å². The minimum absolute atomic E-state index is 0.179. The number of alkyl halides is 3. The van der Waals surface area contributed by atoms with E-state index in [9.17, 15) is 22.8 Å². The van der Waals surface area contributed by atoms with Crippen molar-refractivity contribution in [2.45, 2.75) is 19.1 Å². The maximum Gasteiger partial charge on any atom is 0.416 e. The summed E-state index contributed by atoms with van der Waals surface area (Å²) in [7, 11) is 0. The molecule has 37 heavy (non-hydrogen) atoms. The van der Waals surface area contributed by atoms with E-state index in [1.807, 2.05) is 4.90 Å². The number of hydrogen-bond acceptors (Lipinski definition) is 9. The van der Waals surface area contributed by atoms with Gasteiger partial charge >= 0.3 is 6.18 Å². The van der Waals surface area contributed by atoms with Crippen molar-refractivity contribution in [1.82, 2.24) is 25.2 Å². The van der Waals surface area contributed by atoms with Crippen LogP contribution in [-0.2, 0) is 11.0 Å². The monoisotopic (exact) mass is 535 g/mol. The molecular weight excluding hydrogens is 511 g/mol. The highest BCUT2D eigenvalue weighted by molar-refractivity contribution is 7.15. The summed E-state index contributed by atoms with van der Waals surface area (Å²) in [6, 6.07) is 5.81. The van der Waals surface area contributed by atoms with Crippen molar-refractivity contribution >= 4 is 39.8 Å². The molecule has 2 aromatic heterocycles. The Balaban J connectivity index is 1.34. The number of carbonyl (C=O) groups excluding carboxylic acids is 2. The van der Waals surface area contributed by atoms with Gasteiger partial charge in [0.1, 0.15) is 24.4 Å². The van der Waals surface area contributed by atoms with Gasteiger partial charge in [0, 0.05) is 49.0 Å². The van der Waals surface area contributed by atoms with Gasteiger partial charge in [0.2, 0.25) is 5.91 Å². The Morgan fingerprint density at radius 2 is 1.81 bits per heavy atom. The molecule has 1 saturated heterocycles. The zero-order chi connectivity index (χ0) is 26.6. The number of carbonyl (C=O) groups is 2. The van der Waals surface area contributed by atoms with Gasteiger partial charge in [-0.1, -0.05) is 11.3 Å². The van der Waals surface area contributed by atoms with Gasteiger partial charge in [-0.05, 0) is 31.2 Å². The highest BCUT2D eigenvalue weighted by Crippen LogP contribution is 2.31. The van der Waals surface area contributed by atoms with Crippen LogP contribution in [0.15, 0.2) is 42.9 Å². The SMILES string of the molecule is CC(NC(=O)c1cc(N2CCN(C(=O)CO)CC2)ncn1)c1cnc(Nc2ccc(C(F)(F)F)cc2)s1. The zero-order valence-corrected chi connectivity index (χ0v) is 20.5. The van der Waals surface area contributed by atoms with Gasteiger partial charge < -0.3 is 25.5 Å². The number of aliphatic hydroxyl groups is 1. The molecule has 1 unspecified atom stereocenters. The van der Waals surface area contributed by atoms with Gasteiger partial charge in [-0.2, -0.15) is 13.2 Å². The number of aromatic nitrogens is 3. The number of nitrogens with zero attached hydrogens (tertiary/aromatic N) is 5. The maximum absolute atomic E-state index is 12.8. The molecule has 3 N–H and O–H groups in total. The molecule has 1 fully saturated rings.